The summed E-state index contributed by atoms with van der Waals surface area (Å²) in [5.41, 5.74) is 0. The molecule has 0 aromatic carbocycles. The van der Waals surface area contributed by atoms with Gasteiger partial charge < -0.3 is 9.47 Å². The van der Waals surface area contributed by atoms with Crippen LogP contribution in [0.4, 0.5) is 0 Å². The van der Waals surface area contributed by atoms with Gasteiger partial charge in [-0.1, -0.05) is 77.6 Å². The molecule has 0 amide bonds. The summed E-state index contributed by atoms with van der Waals surface area (Å²) < 4.78 is 10.9. The second-order valence-corrected chi connectivity index (χ2v) is 8.71. The number of hydrogen-bond acceptors (Lipinski definition) is 4. The molecular weight excluding hydrogens is 364 g/mol. The monoisotopic (exact) mass is 410 g/mol. The van der Waals surface area contributed by atoms with Crippen LogP contribution >= 0.6 is 0 Å². The Balaban J connectivity index is 1.84. The van der Waals surface area contributed by atoms with Crippen molar-refractivity contribution in [2.24, 2.45) is 0 Å². The Morgan fingerprint density at radius 1 is 0.655 bits per heavy atom. The van der Waals surface area contributed by atoms with E-state index in [-0.39, 0.29) is 18.0 Å². The van der Waals surface area contributed by atoms with Crippen LogP contribution in [0.25, 0.3) is 0 Å². The van der Waals surface area contributed by atoms with Gasteiger partial charge in [0, 0.05) is 12.8 Å². The highest BCUT2D eigenvalue weighted by Gasteiger charge is 2.16. The fraction of sp³-hybridized carbons (Fsp3) is 0.920. The second-order valence-electron chi connectivity index (χ2n) is 8.71. The van der Waals surface area contributed by atoms with E-state index in [9.17, 15) is 9.59 Å². The first-order valence-corrected chi connectivity index (χ1v) is 12.6. The smallest absolute Gasteiger partial charge is 0.306 e. The quantitative estimate of drug-likeness (QED) is 0.144. The SMILES string of the molecule is CCCCCCCCCCCCOC(=O)CCCCC(=O)OC1CCCCCC1. The van der Waals surface area contributed by atoms with Crippen molar-refractivity contribution in [3.63, 3.8) is 0 Å². The summed E-state index contributed by atoms with van der Waals surface area (Å²) in [5, 5.41) is 0. The lowest BCUT2D eigenvalue weighted by atomic mass is 10.1. The van der Waals surface area contributed by atoms with Gasteiger partial charge in [-0.3, -0.25) is 9.59 Å². The van der Waals surface area contributed by atoms with E-state index in [0.29, 0.717) is 32.3 Å². The predicted molar refractivity (Wildman–Crippen MR) is 119 cm³/mol. The minimum Gasteiger partial charge on any atom is -0.466 e. The van der Waals surface area contributed by atoms with Crippen LogP contribution in [0, 0.1) is 0 Å². The summed E-state index contributed by atoms with van der Waals surface area (Å²) in [6.45, 7) is 2.79. The molecule has 0 N–H and O–H groups in total. The molecule has 1 aliphatic carbocycles. The molecule has 1 saturated carbocycles. The zero-order valence-corrected chi connectivity index (χ0v) is 19.1. The average Bonchev–Trinajstić information content (AvgIpc) is 2.98. The number of hydrogen-bond donors (Lipinski definition) is 0. The lowest BCUT2D eigenvalue weighted by molar-refractivity contribution is -0.150. The first-order chi connectivity index (χ1) is 14.2. The van der Waals surface area contributed by atoms with Gasteiger partial charge in [0.1, 0.15) is 6.10 Å². The summed E-state index contributed by atoms with van der Waals surface area (Å²) in [6.07, 6.45) is 22.1. The Hall–Kier alpha value is -1.06. The van der Waals surface area contributed by atoms with Gasteiger partial charge in [0.05, 0.1) is 6.61 Å². The Kier molecular flexibility index (Phi) is 17.0. The van der Waals surface area contributed by atoms with Crippen LogP contribution in [0.3, 0.4) is 0 Å². The van der Waals surface area contributed by atoms with E-state index >= 15 is 0 Å². The van der Waals surface area contributed by atoms with E-state index in [1.165, 1.54) is 77.0 Å². The lowest BCUT2D eigenvalue weighted by Crippen LogP contribution is -2.17. The van der Waals surface area contributed by atoms with Gasteiger partial charge >= 0.3 is 11.9 Å². The van der Waals surface area contributed by atoms with Crippen molar-refractivity contribution in [1.29, 1.82) is 0 Å². The molecule has 0 unspecified atom stereocenters. The summed E-state index contributed by atoms with van der Waals surface area (Å²) in [6, 6.07) is 0. The number of carbonyl (C=O) groups excluding carboxylic acids is 2. The zero-order chi connectivity index (χ0) is 21.0. The number of esters is 2. The molecule has 0 atom stereocenters. The van der Waals surface area contributed by atoms with Gasteiger partial charge in [0.25, 0.3) is 0 Å². The number of rotatable bonds is 17. The maximum atomic E-state index is 11.9. The molecule has 1 rings (SSSR count). The van der Waals surface area contributed by atoms with Crippen LogP contribution in [-0.2, 0) is 19.1 Å². The summed E-state index contributed by atoms with van der Waals surface area (Å²) in [5.74, 6) is -0.228. The third kappa shape index (κ3) is 16.4. The van der Waals surface area contributed by atoms with E-state index in [4.69, 9.17) is 9.47 Å². The van der Waals surface area contributed by atoms with Crippen LogP contribution in [-0.4, -0.2) is 24.6 Å². The Labute approximate surface area is 179 Å². The van der Waals surface area contributed by atoms with Gasteiger partial charge in [0.2, 0.25) is 0 Å². The van der Waals surface area contributed by atoms with Gasteiger partial charge in [-0.2, -0.15) is 0 Å². The van der Waals surface area contributed by atoms with Crippen molar-refractivity contribution < 1.29 is 19.1 Å². The van der Waals surface area contributed by atoms with E-state index in [1.807, 2.05) is 0 Å². The molecular formula is C25H46O4. The molecule has 0 saturated heterocycles. The van der Waals surface area contributed by atoms with Crippen LogP contribution in [0.15, 0.2) is 0 Å². The van der Waals surface area contributed by atoms with Crippen molar-refractivity contribution in [3.8, 4) is 0 Å². The molecule has 1 fully saturated rings. The maximum absolute atomic E-state index is 11.9. The third-order valence-corrected chi connectivity index (χ3v) is 5.87. The minimum atomic E-state index is -0.127. The molecule has 0 radical (unpaired) electrons. The van der Waals surface area contributed by atoms with E-state index < -0.39 is 0 Å². The van der Waals surface area contributed by atoms with Crippen molar-refractivity contribution in [2.45, 2.75) is 141 Å². The van der Waals surface area contributed by atoms with Crippen LogP contribution < -0.4 is 0 Å². The van der Waals surface area contributed by atoms with E-state index in [0.717, 1.165) is 25.7 Å². The first-order valence-electron chi connectivity index (χ1n) is 12.6. The highest BCUT2D eigenvalue weighted by molar-refractivity contribution is 5.70. The van der Waals surface area contributed by atoms with Gasteiger partial charge in [-0.25, -0.2) is 0 Å². The fourth-order valence-corrected chi connectivity index (χ4v) is 3.99. The van der Waals surface area contributed by atoms with Crippen molar-refractivity contribution in [1.82, 2.24) is 0 Å². The molecule has 1 aliphatic rings. The van der Waals surface area contributed by atoms with Crippen LogP contribution in [0.5, 0.6) is 0 Å². The third-order valence-electron chi connectivity index (χ3n) is 5.87. The van der Waals surface area contributed by atoms with Gasteiger partial charge in [0.15, 0.2) is 0 Å². The molecule has 0 aliphatic heterocycles. The second kappa shape index (κ2) is 18.9. The van der Waals surface area contributed by atoms with Crippen molar-refractivity contribution >= 4 is 11.9 Å². The Bertz CT molecular complexity index is 400. The predicted octanol–water partition coefficient (Wildman–Crippen LogP) is 7.28. The number of carbonyl (C=O) groups is 2. The number of ether oxygens (including phenoxy) is 2. The first kappa shape index (κ1) is 26.0. The average molecular weight is 411 g/mol. The molecule has 0 spiro atoms. The highest BCUT2D eigenvalue weighted by Crippen LogP contribution is 2.20. The molecule has 29 heavy (non-hydrogen) atoms. The zero-order valence-electron chi connectivity index (χ0n) is 19.1. The minimum absolute atomic E-state index is 0.101. The normalized spacial score (nSPS) is 15.1. The van der Waals surface area contributed by atoms with Gasteiger partial charge in [-0.15, -0.1) is 0 Å². The van der Waals surface area contributed by atoms with E-state index in [2.05, 4.69) is 6.92 Å². The largest absolute Gasteiger partial charge is 0.466 e. The van der Waals surface area contributed by atoms with Crippen LogP contribution in [0.1, 0.15) is 135 Å². The summed E-state index contributed by atoms with van der Waals surface area (Å²) in [4.78, 5) is 23.7. The highest BCUT2D eigenvalue weighted by atomic mass is 16.5. The van der Waals surface area contributed by atoms with Crippen molar-refractivity contribution in [2.75, 3.05) is 6.61 Å². The Morgan fingerprint density at radius 3 is 1.76 bits per heavy atom. The lowest BCUT2D eigenvalue weighted by Gasteiger charge is -2.15. The summed E-state index contributed by atoms with van der Waals surface area (Å²) in [7, 11) is 0. The molecule has 0 bridgehead atoms. The molecule has 170 valence electrons. The molecule has 0 heterocycles. The molecule has 4 heteroatoms. The molecule has 0 aromatic heterocycles. The van der Waals surface area contributed by atoms with Crippen molar-refractivity contribution in [3.05, 3.63) is 0 Å². The summed E-state index contributed by atoms with van der Waals surface area (Å²) >= 11 is 0. The van der Waals surface area contributed by atoms with E-state index in [1.54, 1.807) is 0 Å². The molecule has 0 aromatic rings. The number of unbranched alkanes of at least 4 members (excludes halogenated alkanes) is 10. The van der Waals surface area contributed by atoms with Gasteiger partial charge in [-0.05, 0) is 44.9 Å². The fourth-order valence-electron chi connectivity index (χ4n) is 3.99. The Morgan fingerprint density at radius 2 is 1.17 bits per heavy atom. The van der Waals surface area contributed by atoms with Crippen LogP contribution in [0.2, 0.25) is 0 Å². The standard InChI is InChI=1S/C25H46O4/c1-2-3-4-5-6-7-8-9-12-17-22-28-24(26)20-15-16-21-25(27)29-23-18-13-10-11-14-19-23/h23H,2-22H2,1H3. The maximum Gasteiger partial charge on any atom is 0.306 e. The topological polar surface area (TPSA) is 52.6 Å². The molecule has 4 nitrogen and oxygen atoms in total.